The SMILES string of the molecule is CCCCn1nnnc1COc1cccc(Cl)c1. The molecule has 0 bridgehead atoms. The molecule has 0 radical (unpaired) electrons. The van der Waals surface area contributed by atoms with Gasteiger partial charge in [-0.15, -0.1) is 5.10 Å². The van der Waals surface area contributed by atoms with Crippen molar-refractivity contribution in [1.82, 2.24) is 20.2 Å². The maximum absolute atomic E-state index is 5.88. The molecule has 96 valence electrons. The van der Waals surface area contributed by atoms with E-state index in [0.29, 0.717) is 17.4 Å². The fourth-order valence-electron chi connectivity index (χ4n) is 1.51. The molecule has 0 aliphatic heterocycles. The highest BCUT2D eigenvalue weighted by molar-refractivity contribution is 6.30. The Bertz CT molecular complexity index is 500. The van der Waals surface area contributed by atoms with Crippen molar-refractivity contribution in [1.29, 1.82) is 0 Å². The van der Waals surface area contributed by atoms with Crippen LogP contribution in [0.4, 0.5) is 0 Å². The number of unbranched alkanes of at least 4 members (excludes halogenated alkanes) is 1. The second-order valence-electron chi connectivity index (χ2n) is 3.92. The zero-order chi connectivity index (χ0) is 12.8. The molecule has 0 spiro atoms. The van der Waals surface area contributed by atoms with E-state index in [0.717, 1.165) is 25.2 Å². The van der Waals surface area contributed by atoms with E-state index in [4.69, 9.17) is 16.3 Å². The van der Waals surface area contributed by atoms with Gasteiger partial charge in [0, 0.05) is 11.6 Å². The molecule has 1 aromatic carbocycles. The van der Waals surface area contributed by atoms with Gasteiger partial charge in [0.15, 0.2) is 5.82 Å². The average Bonchev–Trinajstić information content (AvgIpc) is 2.81. The van der Waals surface area contributed by atoms with Gasteiger partial charge in [-0.1, -0.05) is 31.0 Å². The first-order chi connectivity index (χ1) is 8.79. The number of aryl methyl sites for hydroxylation is 1. The normalized spacial score (nSPS) is 10.6. The molecule has 1 heterocycles. The van der Waals surface area contributed by atoms with Gasteiger partial charge >= 0.3 is 0 Å². The number of aromatic nitrogens is 4. The quantitative estimate of drug-likeness (QED) is 0.807. The molecular formula is C12H15ClN4O. The highest BCUT2D eigenvalue weighted by Gasteiger charge is 2.06. The van der Waals surface area contributed by atoms with E-state index in [1.54, 1.807) is 16.8 Å². The number of benzene rings is 1. The summed E-state index contributed by atoms with van der Waals surface area (Å²) in [6.45, 7) is 3.29. The lowest BCUT2D eigenvalue weighted by Crippen LogP contribution is -2.08. The number of hydrogen-bond donors (Lipinski definition) is 0. The Kier molecular flexibility index (Phi) is 4.52. The standard InChI is InChI=1S/C12H15ClN4O/c1-2-3-7-17-12(14-15-16-17)9-18-11-6-4-5-10(13)8-11/h4-6,8H,2-3,7,9H2,1H3. The van der Waals surface area contributed by atoms with Crippen LogP contribution < -0.4 is 4.74 Å². The molecule has 5 nitrogen and oxygen atoms in total. The predicted molar refractivity (Wildman–Crippen MR) is 68.5 cm³/mol. The lowest BCUT2D eigenvalue weighted by molar-refractivity contribution is 0.285. The second-order valence-corrected chi connectivity index (χ2v) is 4.35. The van der Waals surface area contributed by atoms with E-state index in [2.05, 4.69) is 22.4 Å². The van der Waals surface area contributed by atoms with Gasteiger partial charge < -0.3 is 4.74 Å². The second kappa shape index (κ2) is 6.35. The minimum Gasteiger partial charge on any atom is -0.485 e. The summed E-state index contributed by atoms with van der Waals surface area (Å²) in [5, 5.41) is 12.2. The van der Waals surface area contributed by atoms with E-state index in [9.17, 15) is 0 Å². The Morgan fingerprint density at radius 2 is 2.28 bits per heavy atom. The topological polar surface area (TPSA) is 52.8 Å². The smallest absolute Gasteiger partial charge is 0.189 e. The van der Waals surface area contributed by atoms with E-state index >= 15 is 0 Å². The molecular weight excluding hydrogens is 252 g/mol. The largest absolute Gasteiger partial charge is 0.485 e. The monoisotopic (exact) mass is 266 g/mol. The molecule has 2 aromatic rings. The minimum absolute atomic E-state index is 0.344. The van der Waals surface area contributed by atoms with Crippen molar-refractivity contribution in [3.05, 3.63) is 35.1 Å². The fourth-order valence-corrected chi connectivity index (χ4v) is 1.69. The van der Waals surface area contributed by atoms with Gasteiger partial charge in [0.05, 0.1) is 0 Å². The van der Waals surface area contributed by atoms with Crippen molar-refractivity contribution in [2.24, 2.45) is 0 Å². The Morgan fingerprint density at radius 3 is 3.06 bits per heavy atom. The lowest BCUT2D eigenvalue weighted by atomic mass is 10.3. The van der Waals surface area contributed by atoms with Crippen LogP contribution >= 0.6 is 11.6 Å². The number of tetrazole rings is 1. The summed E-state index contributed by atoms with van der Waals surface area (Å²) >= 11 is 5.88. The van der Waals surface area contributed by atoms with Crippen molar-refractivity contribution in [2.45, 2.75) is 32.9 Å². The minimum atomic E-state index is 0.344. The Balaban J connectivity index is 1.95. The van der Waals surface area contributed by atoms with Crippen LogP contribution in [0.25, 0.3) is 0 Å². The van der Waals surface area contributed by atoms with Crippen molar-refractivity contribution in [3.8, 4) is 5.75 Å². The van der Waals surface area contributed by atoms with Gasteiger partial charge in [-0.25, -0.2) is 4.68 Å². The third-order valence-corrected chi connectivity index (χ3v) is 2.73. The summed E-state index contributed by atoms with van der Waals surface area (Å²) in [7, 11) is 0. The molecule has 0 aliphatic carbocycles. The maximum atomic E-state index is 5.88. The molecule has 18 heavy (non-hydrogen) atoms. The predicted octanol–water partition coefficient (Wildman–Crippen LogP) is 2.71. The van der Waals surface area contributed by atoms with Gasteiger partial charge in [-0.2, -0.15) is 0 Å². The molecule has 0 unspecified atom stereocenters. The Morgan fingerprint density at radius 1 is 1.39 bits per heavy atom. The molecule has 6 heteroatoms. The summed E-state index contributed by atoms with van der Waals surface area (Å²) < 4.78 is 7.38. The van der Waals surface area contributed by atoms with Gasteiger partial charge in [-0.05, 0) is 35.0 Å². The maximum Gasteiger partial charge on any atom is 0.189 e. The van der Waals surface area contributed by atoms with Crippen molar-refractivity contribution in [2.75, 3.05) is 0 Å². The first-order valence-electron chi connectivity index (χ1n) is 5.93. The van der Waals surface area contributed by atoms with Crippen LogP contribution in [0.3, 0.4) is 0 Å². The number of halogens is 1. The van der Waals surface area contributed by atoms with E-state index in [1.165, 1.54) is 0 Å². The van der Waals surface area contributed by atoms with Gasteiger partial charge in [0.2, 0.25) is 0 Å². The lowest BCUT2D eigenvalue weighted by Gasteiger charge is -2.06. The summed E-state index contributed by atoms with van der Waals surface area (Å²) in [5.41, 5.74) is 0. The zero-order valence-electron chi connectivity index (χ0n) is 10.2. The number of hydrogen-bond acceptors (Lipinski definition) is 4. The van der Waals surface area contributed by atoms with E-state index in [-0.39, 0.29) is 0 Å². The van der Waals surface area contributed by atoms with Crippen LogP contribution in [0, 0.1) is 0 Å². The molecule has 0 saturated heterocycles. The number of nitrogens with zero attached hydrogens (tertiary/aromatic N) is 4. The first kappa shape index (κ1) is 12.8. The van der Waals surface area contributed by atoms with Crippen molar-refractivity contribution in [3.63, 3.8) is 0 Å². The highest BCUT2D eigenvalue weighted by Crippen LogP contribution is 2.17. The van der Waals surface area contributed by atoms with Crippen LogP contribution in [0.15, 0.2) is 24.3 Å². The summed E-state index contributed by atoms with van der Waals surface area (Å²) in [4.78, 5) is 0. The summed E-state index contributed by atoms with van der Waals surface area (Å²) in [5.74, 6) is 1.44. The summed E-state index contributed by atoms with van der Waals surface area (Å²) in [6.07, 6.45) is 2.16. The molecule has 0 N–H and O–H groups in total. The third-order valence-electron chi connectivity index (χ3n) is 2.49. The molecule has 0 amide bonds. The number of rotatable bonds is 6. The molecule has 2 rings (SSSR count). The van der Waals surface area contributed by atoms with E-state index in [1.807, 2.05) is 12.1 Å². The first-order valence-corrected chi connectivity index (χ1v) is 6.31. The van der Waals surface area contributed by atoms with Crippen LogP contribution in [-0.2, 0) is 13.2 Å². The van der Waals surface area contributed by atoms with Crippen LogP contribution in [-0.4, -0.2) is 20.2 Å². The molecule has 1 aromatic heterocycles. The highest BCUT2D eigenvalue weighted by atomic mass is 35.5. The number of ether oxygens (including phenoxy) is 1. The van der Waals surface area contributed by atoms with Crippen LogP contribution in [0.1, 0.15) is 25.6 Å². The van der Waals surface area contributed by atoms with Gasteiger partial charge in [0.25, 0.3) is 0 Å². The van der Waals surface area contributed by atoms with Crippen molar-refractivity contribution < 1.29 is 4.74 Å². The van der Waals surface area contributed by atoms with Crippen LogP contribution in [0.2, 0.25) is 5.02 Å². The average molecular weight is 267 g/mol. The Hall–Kier alpha value is -1.62. The summed E-state index contributed by atoms with van der Waals surface area (Å²) in [6, 6.07) is 7.27. The van der Waals surface area contributed by atoms with Crippen molar-refractivity contribution >= 4 is 11.6 Å². The zero-order valence-corrected chi connectivity index (χ0v) is 11.0. The van der Waals surface area contributed by atoms with Gasteiger partial charge in [-0.3, -0.25) is 0 Å². The molecule has 0 fully saturated rings. The Labute approximate surface area is 111 Å². The van der Waals surface area contributed by atoms with Gasteiger partial charge in [0.1, 0.15) is 12.4 Å². The molecule has 0 aliphatic rings. The molecule has 0 atom stereocenters. The van der Waals surface area contributed by atoms with E-state index < -0.39 is 0 Å². The molecule has 0 saturated carbocycles. The van der Waals surface area contributed by atoms with Crippen LogP contribution in [0.5, 0.6) is 5.75 Å². The fraction of sp³-hybridized carbons (Fsp3) is 0.417. The third kappa shape index (κ3) is 3.43.